The molecule has 0 aromatic heterocycles. The molecule has 3 rings (SSSR count). The Labute approximate surface area is 174 Å². The zero-order valence-electron chi connectivity index (χ0n) is 16.3. The molecule has 0 bridgehead atoms. The normalized spacial score (nSPS) is 10.4. The van der Waals surface area contributed by atoms with Crippen molar-refractivity contribution >= 4 is 21.6 Å². The van der Waals surface area contributed by atoms with Gasteiger partial charge in [-0.05, 0) is 54.4 Å². The van der Waals surface area contributed by atoms with E-state index in [0.29, 0.717) is 24.7 Å². The second kappa shape index (κ2) is 9.51. The third-order valence-corrected chi connectivity index (χ3v) is 5.16. The number of benzene rings is 3. The molecule has 146 valence electrons. The Hall–Kier alpha value is -2.66. The summed E-state index contributed by atoms with van der Waals surface area (Å²) in [5, 5.41) is 3.41. The van der Waals surface area contributed by atoms with Gasteiger partial charge >= 0.3 is 0 Å². The van der Waals surface area contributed by atoms with Crippen LogP contribution in [0, 0.1) is 6.92 Å². The van der Waals surface area contributed by atoms with E-state index in [9.17, 15) is 0 Å². The number of nitrogens with one attached hydrogen (secondary N) is 1. The van der Waals surface area contributed by atoms with Gasteiger partial charge in [0, 0.05) is 16.7 Å². The molecule has 0 heterocycles. The Morgan fingerprint density at radius 2 is 1.57 bits per heavy atom. The van der Waals surface area contributed by atoms with Crippen LogP contribution >= 0.6 is 15.9 Å². The Kier molecular flexibility index (Phi) is 6.82. The van der Waals surface area contributed by atoms with E-state index in [2.05, 4.69) is 52.4 Å². The van der Waals surface area contributed by atoms with Gasteiger partial charge in [-0.25, -0.2) is 0 Å². The lowest BCUT2D eigenvalue weighted by atomic mass is 10.1. The summed E-state index contributed by atoms with van der Waals surface area (Å²) in [6, 6.07) is 20.1. The molecule has 0 fully saturated rings. The van der Waals surface area contributed by atoms with Crippen molar-refractivity contribution in [1.82, 2.24) is 0 Å². The monoisotopic (exact) mass is 441 g/mol. The third-order valence-electron chi connectivity index (χ3n) is 4.42. The van der Waals surface area contributed by atoms with E-state index in [0.717, 1.165) is 27.0 Å². The smallest absolute Gasteiger partial charge is 0.162 e. The maximum absolute atomic E-state index is 5.99. The molecule has 0 atom stereocenters. The number of hydrogen-bond acceptors (Lipinski definition) is 4. The summed E-state index contributed by atoms with van der Waals surface area (Å²) < 4.78 is 17.7. The molecule has 28 heavy (non-hydrogen) atoms. The van der Waals surface area contributed by atoms with Crippen molar-refractivity contribution in [2.24, 2.45) is 0 Å². The molecular weight excluding hydrogens is 418 g/mol. The molecule has 0 spiro atoms. The molecule has 0 unspecified atom stereocenters. The van der Waals surface area contributed by atoms with Crippen LogP contribution in [0.25, 0.3) is 0 Å². The minimum atomic E-state index is 0.493. The second-order valence-corrected chi connectivity index (χ2v) is 7.31. The fourth-order valence-electron chi connectivity index (χ4n) is 2.74. The first kappa shape index (κ1) is 20.1. The molecule has 0 amide bonds. The van der Waals surface area contributed by atoms with E-state index >= 15 is 0 Å². The molecular formula is C23H24BrNO3. The van der Waals surface area contributed by atoms with E-state index in [1.54, 1.807) is 14.2 Å². The van der Waals surface area contributed by atoms with Gasteiger partial charge in [0.1, 0.15) is 12.4 Å². The van der Waals surface area contributed by atoms with Crippen LogP contribution in [0.2, 0.25) is 0 Å². The quantitative estimate of drug-likeness (QED) is 0.467. The topological polar surface area (TPSA) is 39.7 Å². The van der Waals surface area contributed by atoms with Gasteiger partial charge in [-0.3, -0.25) is 0 Å². The van der Waals surface area contributed by atoms with Gasteiger partial charge in [0.15, 0.2) is 11.5 Å². The van der Waals surface area contributed by atoms with Crippen LogP contribution in [-0.4, -0.2) is 14.2 Å². The highest BCUT2D eigenvalue weighted by molar-refractivity contribution is 9.10. The Morgan fingerprint density at radius 1 is 0.857 bits per heavy atom. The van der Waals surface area contributed by atoms with Crippen molar-refractivity contribution in [2.75, 3.05) is 19.5 Å². The molecule has 3 aromatic carbocycles. The lowest BCUT2D eigenvalue weighted by Gasteiger charge is -2.15. The molecule has 0 saturated heterocycles. The van der Waals surface area contributed by atoms with Gasteiger partial charge in [-0.1, -0.05) is 45.8 Å². The summed E-state index contributed by atoms with van der Waals surface area (Å²) >= 11 is 3.65. The number of hydrogen-bond donors (Lipinski definition) is 1. The molecule has 3 aromatic rings. The highest BCUT2D eigenvalue weighted by Gasteiger charge is 2.11. The molecule has 1 N–H and O–H groups in total. The maximum Gasteiger partial charge on any atom is 0.162 e. The number of aryl methyl sites for hydroxylation is 1. The van der Waals surface area contributed by atoms with Crippen LogP contribution < -0.4 is 19.5 Å². The average Bonchev–Trinajstić information content (AvgIpc) is 2.73. The Morgan fingerprint density at radius 3 is 2.21 bits per heavy atom. The van der Waals surface area contributed by atoms with Crippen molar-refractivity contribution < 1.29 is 14.2 Å². The minimum absolute atomic E-state index is 0.493. The maximum atomic E-state index is 5.99. The SMILES string of the molecule is COc1ccc(NCc2cc(OC)c(OCc3ccc(C)cc3)cc2Br)cc1. The van der Waals surface area contributed by atoms with Crippen molar-refractivity contribution in [3.05, 3.63) is 81.8 Å². The van der Waals surface area contributed by atoms with Crippen LogP contribution in [0.4, 0.5) is 5.69 Å². The van der Waals surface area contributed by atoms with Crippen molar-refractivity contribution in [3.8, 4) is 17.2 Å². The van der Waals surface area contributed by atoms with Crippen LogP contribution in [0.1, 0.15) is 16.7 Å². The molecule has 0 aliphatic carbocycles. The zero-order chi connectivity index (χ0) is 19.9. The summed E-state index contributed by atoms with van der Waals surface area (Å²) in [4.78, 5) is 0. The minimum Gasteiger partial charge on any atom is -0.497 e. The first-order chi connectivity index (χ1) is 13.6. The largest absolute Gasteiger partial charge is 0.497 e. The molecule has 0 radical (unpaired) electrons. The van der Waals surface area contributed by atoms with Crippen LogP contribution in [0.5, 0.6) is 17.2 Å². The highest BCUT2D eigenvalue weighted by atomic mass is 79.9. The third kappa shape index (κ3) is 5.20. The summed E-state index contributed by atoms with van der Waals surface area (Å²) in [6.07, 6.45) is 0. The fourth-order valence-corrected chi connectivity index (χ4v) is 3.20. The standard InChI is InChI=1S/C23H24BrNO3/c1-16-4-6-17(7-5-16)15-28-23-13-21(24)18(12-22(23)27-3)14-25-19-8-10-20(26-2)11-9-19/h4-13,25H,14-15H2,1-3H3. The molecule has 0 aliphatic heterocycles. The summed E-state index contributed by atoms with van der Waals surface area (Å²) in [5.41, 5.74) is 4.45. The number of anilines is 1. The summed E-state index contributed by atoms with van der Waals surface area (Å²) in [7, 11) is 3.32. The van der Waals surface area contributed by atoms with Gasteiger partial charge in [0.2, 0.25) is 0 Å². The van der Waals surface area contributed by atoms with Gasteiger partial charge in [0.05, 0.1) is 14.2 Å². The number of ether oxygens (including phenoxy) is 3. The van der Waals surface area contributed by atoms with Crippen molar-refractivity contribution in [1.29, 1.82) is 0 Å². The lowest BCUT2D eigenvalue weighted by molar-refractivity contribution is 0.284. The van der Waals surface area contributed by atoms with E-state index in [4.69, 9.17) is 14.2 Å². The fraction of sp³-hybridized carbons (Fsp3) is 0.217. The van der Waals surface area contributed by atoms with Gasteiger partial charge < -0.3 is 19.5 Å². The van der Waals surface area contributed by atoms with E-state index in [1.807, 2.05) is 36.4 Å². The van der Waals surface area contributed by atoms with Gasteiger partial charge in [0.25, 0.3) is 0 Å². The van der Waals surface area contributed by atoms with Crippen molar-refractivity contribution in [3.63, 3.8) is 0 Å². The van der Waals surface area contributed by atoms with Gasteiger partial charge in [-0.2, -0.15) is 0 Å². The number of halogens is 1. The van der Waals surface area contributed by atoms with E-state index < -0.39 is 0 Å². The van der Waals surface area contributed by atoms with E-state index in [-0.39, 0.29) is 0 Å². The second-order valence-electron chi connectivity index (χ2n) is 6.45. The predicted octanol–water partition coefficient (Wildman–Crippen LogP) is 5.97. The average molecular weight is 442 g/mol. The Balaban J connectivity index is 1.68. The van der Waals surface area contributed by atoms with E-state index in [1.165, 1.54) is 5.56 Å². The summed E-state index contributed by atoms with van der Waals surface area (Å²) in [5.74, 6) is 2.26. The van der Waals surface area contributed by atoms with Gasteiger partial charge in [-0.15, -0.1) is 0 Å². The predicted molar refractivity (Wildman–Crippen MR) is 117 cm³/mol. The van der Waals surface area contributed by atoms with Crippen LogP contribution in [0.15, 0.2) is 65.1 Å². The molecule has 0 saturated carbocycles. The Bertz CT molecular complexity index is 908. The molecule has 0 aliphatic rings. The van der Waals surface area contributed by atoms with Crippen LogP contribution in [0.3, 0.4) is 0 Å². The number of methoxy groups -OCH3 is 2. The molecule has 4 nitrogen and oxygen atoms in total. The first-order valence-electron chi connectivity index (χ1n) is 9.01. The molecule has 5 heteroatoms. The highest BCUT2D eigenvalue weighted by Crippen LogP contribution is 2.34. The lowest BCUT2D eigenvalue weighted by Crippen LogP contribution is -2.03. The van der Waals surface area contributed by atoms with Crippen LogP contribution in [-0.2, 0) is 13.2 Å². The zero-order valence-corrected chi connectivity index (χ0v) is 17.9. The van der Waals surface area contributed by atoms with Crippen molar-refractivity contribution in [2.45, 2.75) is 20.1 Å². The summed E-state index contributed by atoms with van der Waals surface area (Å²) in [6.45, 7) is 3.22. The number of rotatable bonds is 8. The first-order valence-corrected chi connectivity index (χ1v) is 9.81.